The van der Waals surface area contributed by atoms with E-state index in [-0.39, 0.29) is 6.04 Å². The summed E-state index contributed by atoms with van der Waals surface area (Å²) in [6.07, 6.45) is 4.69. The van der Waals surface area contributed by atoms with Crippen molar-refractivity contribution in [2.24, 2.45) is 11.8 Å². The minimum atomic E-state index is 0.0263. The first-order valence-electron chi connectivity index (χ1n) is 8.32. The lowest BCUT2D eigenvalue weighted by Crippen LogP contribution is -2.48. The van der Waals surface area contributed by atoms with Crippen molar-refractivity contribution >= 4 is 5.91 Å². The van der Waals surface area contributed by atoms with Gasteiger partial charge in [0.1, 0.15) is 0 Å². The molecule has 2 aliphatic heterocycles. The minimum absolute atomic E-state index is 0.0263. The highest BCUT2D eigenvalue weighted by Gasteiger charge is 2.31. The smallest absolute Gasteiger partial charge is 0.239 e. The third kappa shape index (κ3) is 3.95. The normalized spacial score (nSPS) is 33.2. The van der Waals surface area contributed by atoms with Crippen LogP contribution in [0.3, 0.4) is 0 Å². The molecule has 4 heteroatoms. The van der Waals surface area contributed by atoms with Gasteiger partial charge in [0.15, 0.2) is 0 Å². The van der Waals surface area contributed by atoms with Gasteiger partial charge in [0.25, 0.3) is 0 Å². The number of amides is 1. The Balaban J connectivity index is 1.94. The molecule has 2 fully saturated rings. The fraction of sp³-hybridized carbons (Fsp3) is 0.938. The Hall–Kier alpha value is -0.610. The van der Waals surface area contributed by atoms with Crippen molar-refractivity contribution < 1.29 is 4.79 Å². The topological polar surface area (TPSA) is 35.6 Å². The lowest BCUT2D eigenvalue weighted by atomic mass is 9.97. The highest BCUT2D eigenvalue weighted by molar-refractivity contribution is 5.82. The van der Waals surface area contributed by atoms with Crippen LogP contribution < -0.4 is 5.32 Å². The van der Waals surface area contributed by atoms with Crippen LogP contribution in [0.2, 0.25) is 0 Å². The number of rotatable bonds is 4. The number of hydrogen-bond acceptors (Lipinski definition) is 3. The molecule has 1 N–H and O–H groups in total. The lowest BCUT2D eigenvalue weighted by molar-refractivity contribution is -0.133. The molecule has 0 bridgehead atoms. The summed E-state index contributed by atoms with van der Waals surface area (Å²) in [7, 11) is 1.91. The van der Waals surface area contributed by atoms with Gasteiger partial charge in [0.05, 0.1) is 6.04 Å². The number of nitrogens with one attached hydrogen (secondary N) is 1. The van der Waals surface area contributed by atoms with Gasteiger partial charge in [-0.2, -0.15) is 0 Å². The van der Waals surface area contributed by atoms with Gasteiger partial charge in [-0.1, -0.05) is 13.8 Å². The SMILES string of the molecule is CCN1CCCC(CN2CCC(C)CC(NC)C2=O)C1. The molecule has 20 heavy (non-hydrogen) atoms. The molecule has 1 amide bonds. The Bertz CT molecular complexity index is 321. The van der Waals surface area contributed by atoms with Crippen LogP contribution in [0.25, 0.3) is 0 Å². The molecule has 0 radical (unpaired) electrons. The van der Waals surface area contributed by atoms with Gasteiger partial charge in [0.2, 0.25) is 5.91 Å². The number of likely N-dealkylation sites (tertiary alicyclic amines) is 2. The Kier molecular flexibility index (Phi) is 5.85. The summed E-state index contributed by atoms with van der Waals surface area (Å²) >= 11 is 0. The first kappa shape index (κ1) is 15.8. The molecule has 2 heterocycles. The van der Waals surface area contributed by atoms with Gasteiger partial charge in [-0.05, 0) is 57.7 Å². The van der Waals surface area contributed by atoms with E-state index in [9.17, 15) is 4.79 Å². The molecule has 0 aromatic carbocycles. The van der Waals surface area contributed by atoms with Crippen molar-refractivity contribution in [3.63, 3.8) is 0 Å². The zero-order valence-corrected chi connectivity index (χ0v) is 13.4. The van der Waals surface area contributed by atoms with Gasteiger partial charge in [-0.3, -0.25) is 4.79 Å². The van der Waals surface area contributed by atoms with Crippen LogP contribution >= 0.6 is 0 Å². The lowest BCUT2D eigenvalue weighted by Gasteiger charge is -2.35. The van der Waals surface area contributed by atoms with Crippen molar-refractivity contribution in [3.05, 3.63) is 0 Å². The molecule has 0 aliphatic carbocycles. The summed E-state index contributed by atoms with van der Waals surface area (Å²) in [4.78, 5) is 17.3. The number of likely N-dealkylation sites (N-methyl/N-ethyl adjacent to an activating group) is 1. The van der Waals surface area contributed by atoms with E-state index in [0.29, 0.717) is 17.7 Å². The van der Waals surface area contributed by atoms with Gasteiger partial charge in [-0.15, -0.1) is 0 Å². The van der Waals surface area contributed by atoms with Gasteiger partial charge >= 0.3 is 0 Å². The summed E-state index contributed by atoms with van der Waals surface area (Å²) < 4.78 is 0. The Labute approximate surface area is 123 Å². The van der Waals surface area contributed by atoms with Crippen LogP contribution in [0.15, 0.2) is 0 Å². The first-order chi connectivity index (χ1) is 9.63. The number of piperidine rings is 1. The number of nitrogens with zero attached hydrogens (tertiary/aromatic N) is 2. The quantitative estimate of drug-likeness (QED) is 0.849. The minimum Gasteiger partial charge on any atom is -0.341 e. The average Bonchev–Trinajstić information content (AvgIpc) is 2.60. The fourth-order valence-corrected chi connectivity index (χ4v) is 3.65. The second kappa shape index (κ2) is 7.41. The molecule has 4 nitrogen and oxygen atoms in total. The van der Waals surface area contributed by atoms with E-state index in [4.69, 9.17) is 0 Å². The zero-order valence-electron chi connectivity index (χ0n) is 13.4. The third-order valence-corrected chi connectivity index (χ3v) is 5.02. The second-order valence-corrected chi connectivity index (χ2v) is 6.66. The van der Waals surface area contributed by atoms with Crippen molar-refractivity contribution in [2.45, 2.75) is 45.6 Å². The van der Waals surface area contributed by atoms with Crippen LogP contribution in [0.1, 0.15) is 39.5 Å². The second-order valence-electron chi connectivity index (χ2n) is 6.66. The maximum Gasteiger partial charge on any atom is 0.239 e. The number of carbonyl (C=O) groups excluding carboxylic acids is 1. The van der Waals surface area contributed by atoms with Crippen LogP contribution in [0.4, 0.5) is 0 Å². The van der Waals surface area contributed by atoms with Crippen LogP contribution in [0.5, 0.6) is 0 Å². The largest absolute Gasteiger partial charge is 0.341 e. The Morgan fingerprint density at radius 3 is 2.80 bits per heavy atom. The number of carbonyl (C=O) groups is 1. The highest BCUT2D eigenvalue weighted by Crippen LogP contribution is 2.22. The molecule has 2 aliphatic rings. The van der Waals surface area contributed by atoms with E-state index >= 15 is 0 Å². The molecule has 0 aromatic rings. The van der Waals surface area contributed by atoms with E-state index < -0.39 is 0 Å². The van der Waals surface area contributed by atoms with Crippen LogP contribution in [-0.4, -0.2) is 61.5 Å². The van der Waals surface area contributed by atoms with E-state index in [1.54, 1.807) is 0 Å². The van der Waals surface area contributed by atoms with E-state index in [0.717, 1.165) is 32.5 Å². The Morgan fingerprint density at radius 1 is 1.30 bits per heavy atom. The van der Waals surface area contributed by atoms with Crippen molar-refractivity contribution in [1.29, 1.82) is 0 Å². The standard InChI is InChI=1S/C16H31N3O/c1-4-18-8-5-6-14(11-18)12-19-9-7-13(2)10-15(17-3)16(19)20/h13-15,17H,4-12H2,1-3H3. The summed E-state index contributed by atoms with van der Waals surface area (Å²) in [5, 5.41) is 3.21. The maximum absolute atomic E-state index is 12.6. The van der Waals surface area contributed by atoms with Gasteiger partial charge < -0.3 is 15.1 Å². The highest BCUT2D eigenvalue weighted by atomic mass is 16.2. The monoisotopic (exact) mass is 281 g/mol. The summed E-state index contributed by atoms with van der Waals surface area (Å²) in [5.41, 5.74) is 0. The molecule has 2 saturated heterocycles. The first-order valence-corrected chi connectivity index (χ1v) is 8.32. The van der Waals surface area contributed by atoms with Crippen LogP contribution in [0, 0.1) is 11.8 Å². The molecule has 116 valence electrons. The zero-order chi connectivity index (χ0) is 14.5. The van der Waals surface area contributed by atoms with Gasteiger partial charge in [0, 0.05) is 19.6 Å². The maximum atomic E-state index is 12.6. The predicted molar refractivity (Wildman–Crippen MR) is 82.7 cm³/mol. The van der Waals surface area contributed by atoms with Crippen LogP contribution in [-0.2, 0) is 4.79 Å². The fourth-order valence-electron chi connectivity index (χ4n) is 3.65. The van der Waals surface area contributed by atoms with Crippen molar-refractivity contribution in [1.82, 2.24) is 15.1 Å². The molecule has 2 rings (SSSR count). The van der Waals surface area contributed by atoms with E-state index in [2.05, 4.69) is 29.0 Å². The Morgan fingerprint density at radius 2 is 2.10 bits per heavy atom. The summed E-state index contributed by atoms with van der Waals surface area (Å²) in [6, 6.07) is 0.0263. The number of hydrogen-bond donors (Lipinski definition) is 1. The van der Waals surface area contributed by atoms with Gasteiger partial charge in [-0.25, -0.2) is 0 Å². The molecule has 3 atom stereocenters. The van der Waals surface area contributed by atoms with E-state index in [1.165, 1.54) is 25.9 Å². The molecule has 0 saturated carbocycles. The summed E-state index contributed by atoms with van der Waals surface area (Å²) in [5.74, 6) is 1.63. The van der Waals surface area contributed by atoms with Crippen molar-refractivity contribution in [2.75, 3.05) is 39.8 Å². The predicted octanol–water partition coefficient (Wildman–Crippen LogP) is 1.56. The molecule has 0 aromatic heterocycles. The molecular formula is C16H31N3O. The summed E-state index contributed by atoms with van der Waals surface area (Å²) in [6.45, 7) is 9.94. The third-order valence-electron chi connectivity index (χ3n) is 5.02. The van der Waals surface area contributed by atoms with E-state index in [1.807, 2.05) is 7.05 Å². The average molecular weight is 281 g/mol. The van der Waals surface area contributed by atoms with Crippen molar-refractivity contribution in [3.8, 4) is 0 Å². The molecular weight excluding hydrogens is 250 g/mol. The molecule has 3 unspecified atom stereocenters. The molecule has 0 spiro atoms.